The molecule has 0 unspecified atom stereocenters. The quantitative estimate of drug-likeness (QED) is 0.838. The first-order chi connectivity index (χ1) is 9.20. The molecule has 19 heavy (non-hydrogen) atoms. The highest BCUT2D eigenvalue weighted by Crippen LogP contribution is 2.30. The van der Waals surface area contributed by atoms with Crippen molar-refractivity contribution in [3.63, 3.8) is 0 Å². The molecular weight excluding hydrogens is 281 g/mol. The molecule has 0 aliphatic heterocycles. The lowest BCUT2D eigenvalue weighted by atomic mass is 10.2. The molecule has 0 amide bonds. The minimum atomic E-state index is 0.624. The van der Waals surface area contributed by atoms with Gasteiger partial charge in [-0.15, -0.1) is 0 Å². The van der Waals surface area contributed by atoms with E-state index in [0.717, 1.165) is 17.0 Å². The molecular formula is C15H15Cl2NO. The summed E-state index contributed by atoms with van der Waals surface area (Å²) in [7, 11) is 0. The van der Waals surface area contributed by atoms with Crippen LogP contribution in [0, 0.1) is 0 Å². The molecule has 2 aromatic rings. The van der Waals surface area contributed by atoms with Crippen molar-refractivity contribution in [1.82, 2.24) is 0 Å². The minimum absolute atomic E-state index is 0.624. The third-order valence-corrected chi connectivity index (χ3v) is 3.30. The van der Waals surface area contributed by atoms with Crippen molar-refractivity contribution in [3.8, 4) is 5.75 Å². The maximum atomic E-state index is 6.10. The van der Waals surface area contributed by atoms with Crippen LogP contribution in [0.25, 0.3) is 0 Å². The Morgan fingerprint density at radius 3 is 2.21 bits per heavy atom. The van der Waals surface area contributed by atoms with E-state index in [1.165, 1.54) is 0 Å². The number of rotatable bonds is 5. The molecule has 2 nitrogen and oxygen atoms in total. The Labute approximate surface area is 123 Å². The molecule has 0 aromatic heterocycles. The molecule has 100 valence electrons. The van der Waals surface area contributed by atoms with Gasteiger partial charge in [-0.05, 0) is 36.8 Å². The van der Waals surface area contributed by atoms with Gasteiger partial charge in [0, 0.05) is 6.54 Å². The van der Waals surface area contributed by atoms with Crippen molar-refractivity contribution in [2.75, 3.05) is 11.9 Å². The van der Waals surface area contributed by atoms with E-state index in [9.17, 15) is 0 Å². The topological polar surface area (TPSA) is 21.3 Å². The number of anilines is 1. The minimum Gasteiger partial charge on any atom is -0.494 e. The summed E-state index contributed by atoms with van der Waals surface area (Å²) in [5.41, 5.74) is 1.90. The van der Waals surface area contributed by atoms with E-state index in [0.29, 0.717) is 23.2 Å². The average molecular weight is 296 g/mol. The van der Waals surface area contributed by atoms with E-state index in [1.54, 1.807) is 0 Å². The fourth-order valence-electron chi connectivity index (χ4n) is 1.73. The summed E-state index contributed by atoms with van der Waals surface area (Å²) in [5, 5.41) is 4.49. The highest BCUT2D eigenvalue weighted by atomic mass is 35.5. The van der Waals surface area contributed by atoms with Crippen LogP contribution >= 0.6 is 23.2 Å². The lowest BCUT2D eigenvalue weighted by Crippen LogP contribution is -2.00. The molecule has 0 spiro atoms. The van der Waals surface area contributed by atoms with Crippen LogP contribution in [-0.2, 0) is 6.54 Å². The van der Waals surface area contributed by atoms with E-state index < -0.39 is 0 Å². The van der Waals surface area contributed by atoms with Crippen molar-refractivity contribution in [1.29, 1.82) is 0 Å². The molecule has 0 bridgehead atoms. The van der Waals surface area contributed by atoms with Gasteiger partial charge in [0.2, 0.25) is 0 Å². The Balaban J connectivity index is 2.02. The zero-order chi connectivity index (χ0) is 13.7. The zero-order valence-corrected chi connectivity index (χ0v) is 12.1. The van der Waals surface area contributed by atoms with Crippen molar-refractivity contribution in [2.24, 2.45) is 0 Å². The predicted molar refractivity (Wildman–Crippen MR) is 81.4 cm³/mol. The number of hydrogen-bond acceptors (Lipinski definition) is 2. The average Bonchev–Trinajstić information content (AvgIpc) is 2.40. The second kappa shape index (κ2) is 6.69. The standard InChI is InChI=1S/C15H15Cl2NO/c1-2-19-12-8-6-11(7-9-12)10-18-15-13(16)4-3-5-14(15)17/h3-9,18H,2,10H2,1H3. The summed E-state index contributed by atoms with van der Waals surface area (Å²) < 4.78 is 5.40. The van der Waals surface area contributed by atoms with Gasteiger partial charge in [0.05, 0.1) is 22.3 Å². The van der Waals surface area contributed by atoms with E-state index >= 15 is 0 Å². The molecule has 0 radical (unpaired) electrons. The smallest absolute Gasteiger partial charge is 0.119 e. The summed E-state index contributed by atoms with van der Waals surface area (Å²) in [5.74, 6) is 0.877. The van der Waals surface area contributed by atoms with Crippen LogP contribution < -0.4 is 10.1 Å². The first kappa shape index (κ1) is 14.0. The van der Waals surface area contributed by atoms with Gasteiger partial charge in [0.1, 0.15) is 5.75 Å². The Kier molecular flexibility index (Phi) is 4.94. The second-order valence-corrected chi connectivity index (χ2v) is 4.84. The van der Waals surface area contributed by atoms with Crippen LogP contribution in [0.2, 0.25) is 10.0 Å². The maximum absolute atomic E-state index is 6.10. The molecule has 0 aliphatic rings. The normalized spacial score (nSPS) is 10.3. The summed E-state index contributed by atoms with van der Waals surface area (Å²) in [6, 6.07) is 13.4. The van der Waals surface area contributed by atoms with Gasteiger partial charge in [-0.25, -0.2) is 0 Å². The Morgan fingerprint density at radius 1 is 1.00 bits per heavy atom. The van der Waals surface area contributed by atoms with Crippen molar-refractivity contribution < 1.29 is 4.74 Å². The van der Waals surface area contributed by atoms with Gasteiger partial charge in [-0.1, -0.05) is 41.4 Å². The highest BCUT2D eigenvalue weighted by Gasteiger charge is 2.04. The molecule has 2 rings (SSSR count). The van der Waals surface area contributed by atoms with Crippen LogP contribution in [0.3, 0.4) is 0 Å². The molecule has 0 saturated heterocycles. The first-order valence-corrected chi connectivity index (χ1v) is 6.86. The number of nitrogens with one attached hydrogen (secondary N) is 1. The molecule has 0 heterocycles. The molecule has 0 atom stereocenters. The Hall–Kier alpha value is -1.38. The Bertz CT molecular complexity index is 520. The van der Waals surface area contributed by atoms with Gasteiger partial charge in [-0.3, -0.25) is 0 Å². The van der Waals surface area contributed by atoms with Crippen LogP contribution in [0.15, 0.2) is 42.5 Å². The third kappa shape index (κ3) is 3.79. The lowest BCUT2D eigenvalue weighted by molar-refractivity contribution is 0.340. The van der Waals surface area contributed by atoms with Gasteiger partial charge < -0.3 is 10.1 Å². The van der Waals surface area contributed by atoms with E-state index in [4.69, 9.17) is 27.9 Å². The monoisotopic (exact) mass is 295 g/mol. The summed E-state index contributed by atoms with van der Waals surface area (Å²) in [4.78, 5) is 0. The lowest BCUT2D eigenvalue weighted by Gasteiger charge is -2.10. The van der Waals surface area contributed by atoms with E-state index in [1.807, 2.05) is 49.4 Å². The number of benzene rings is 2. The van der Waals surface area contributed by atoms with Crippen molar-refractivity contribution >= 4 is 28.9 Å². The largest absolute Gasteiger partial charge is 0.494 e. The number of halogens is 2. The summed E-state index contributed by atoms with van der Waals surface area (Å²) in [6.45, 7) is 3.30. The van der Waals surface area contributed by atoms with Gasteiger partial charge in [0.25, 0.3) is 0 Å². The highest BCUT2D eigenvalue weighted by molar-refractivity contribution is 6.39. The van der Waals surface area contributed by atoms with Crippen molar-refractivity contribution in [2.45, 2.75) is 13.5 Å². The third-order valence-electron chi connectivity index (χ3n) is 2.67. The number of hydrogen-bond donors (Lipinski definition) is 1. The van der Waals surface area contributed by atoms with Crippen LogP contribution in [0.4, 0.5) is 5.69 Å². The van der Waals surface area contributed by atoms with Gasteiger partial charge in [-0.2, -0.15) is 0 Å². The van der Waals surface area contributed by atoms with E-state index in [-0.39, 0.29) is 0 Å². The molecule has 0 fully saturated rings. The molecule has 1 N–H and O–H groups in total. The summed E-state index contributed by atoms with van der Waals surface area (Å²) in [6.07, 6.45) is 0. The second-order valence-electron chi connectivity index (χ2n) is 4.03. The SMILES string of the molecule is CCOc1ccc(CNc2c(Cl)cccc2Cl)cc1. The fourth-order valence-corrected chi connectivity index (χ4v) is 2.26. The van der Waals surface area contributed by atoms with Gasteiger partial charge in [0.15, 0.2) is 0 Å². The molecule has 0 aliphatic carbocycles. The van der Waals surface area contributed by atoms with E-state index in [2.05, 4.69) is 5.32 Å². The van der Waals surface area contributed by atoms with Crippen LogP contribution in [-0.4, -0.2) is 6.61 Å². The van der Waals surface area contributed by atoms with Crippen molar-refractivity contribution in [3.05, 3.63) is 58.1 Å². The fraction of sp³-hybridized carbons (Fsp3) is 0.200. The molecule has 2 aromatic carbocycles. The predicted octanol–water partition coefficient (Wildman–Crippen LogP) is 5.00. The van der Waals surface area contributed by atoms with Crippen LogP contribution in [0.5, 0.6) is 5.75 Å². The number of para-hydroxylation sites is 1. The molecule has 0 saturated carbocycles. The zero-order valence-electron chi connectivity index (χ0n) is 10.6. The summed E-state index contributed by atoms with van der Waals surface area (Å²) >= 11 is 12.2. The molecule has 4 heteroatoms. The van der Waals surface area contributed by atoms with Gasteiger partial charge >= 0.3 is 0 Å². The number of ether oxygens (including phenoxy) is 1. The Morgan fingerprint density at radius 2 is 1.63 bits per heavy atom. The first-order valence-electron chi connectivity index (χ1n) is 6.10. The maximum Gasteiger partial charge on any atom is 0.119 e. The van der Waals surface area contributed by atoms with Crippen LogP contribution in [0.1, 0.15) is 12.5 Å².